The van der Waals surface area contributed by atoms with Crippen LogP contribution in [-0.4, -0.2) is 34.9 Å². The third kappa shape index (κ3) is 3.54. The van der Waals surface area contributed by atoms with E-state index in [1.807, 2.05) is 13.0 Å². The summed E-state index contributed by atoms with van der Waals surface area (Å²) in [6, 6.07) is 4.80. The predicted molar refractivity (Wildman–Crippen MR) is 77.5 cm³/mol. The van der Waals surface area contributed by atoms with E-state index >= 15 is 0 Å². The Kier molecular flexibility index (Phi) is 4.74. The highest BCUT2D eigenvalue weighted by Gasteiger charge is 2.38. The number of hydrogen-bond acceptors (Lipinski definition) is 5. The smallest absolute Gasteiger partial charge is 0.270 e. The normalized spacial score (nSPS) is 25.9. The summed E-state index contributed by atoms with van der Waals surface area (Å²) in [4.78, 5) is 10.4. The molecule has 0 spiro atoms. The van der Waals surface area contributed by atoms with Crippen LogP contribution in [0.5, 0.6) is 0 Å². The largest absolute Gasteiger partial charge is 0.386 e. The van der Waals surface area contributed by atoms with Crippen LogP contribution in [0.25, 0.3) is 0 Å². The van der Waals surface area contributed by atoms with E-state index in [-0.39, 0.29) is 11.8 Å². The second-order valence-electron chi connectivity index (χ2n) is 5.04. The predicted octanol–water partition coefficient (Wildman–Crippen LogP) is 1.99. The second kappa shape index (κ2) is 6.17. The molecule has 0 aromatic heterocycles. The fraction of sp³-hybridized carbons (Fsp3) is 0.538. The van der Waals surface area contributed by atoms with E-state index in [0.29, 0.717) is 30.6 Å². The summed E-state index contributed by atoms with van der Waals surface area (Å²) in [5, 5.41) is 24.3. The Labute approximate surface area is 125 Å². The number of benzene rings is 1. The van der Waals surface area contributed by atoms with Crippen LogP contribution in [0.4, 0.5) is 5.69 Å². The zero-order chi connectivity index (χ0) is 14.8. The van der Waals surface area contributed by atoms with E-state index in [0.717, 1.165) is 5.56 Å². The Hall–Kier alpha value is -1.02. The molecule has 1 saturated heterocycles. The van der Waals surface area contributed by atoms with Gasteiger partial charge < -0.3 is 15.2 Å². The van der Waals surface area contributed by atoms with Crippen LogP contribution in [-0.2, 0) is 11.3 Å². The zero-order valence-electron chi connectivity index (χ0n) is 11.1. The van der Waals surface area contributed by atoms with Crippen molar-refractivity contribution in [1.82, 2.24) is 5.32 Å². The second-order valence-corrected chi connectivity index (χ2v) is 5.96. The summed E-state index contributed by atoms with van der Waals surface area (Å²) in [5.41, 5.74) is -0.0218. The van der Waals surface area contributed by atoms with Crippen LogP contribution in [0.3, 0.4) is 0 Å². The number of nitro groups is 1. The molecule has 1 aliphatic rings. The molecule has 2 rings (SSSR count). The molecule has 2 N–H and O–H groups in total. The number of nitro benzene ring substituents is 1. The fourth-order valence-corrected chi connectivity index (χ4v) is 2.80. The van der Waals surface area contributed by atoms with Gasteiger partial charge >= 0.3 is 0 Å². The van der Waals surface area contributed by atoms with Gasteiger partial charge in [0, 0.05) is 42.7 Å². The molecule has 6 nitrogen and oxygen atoms in total. The number of halogens is 1. The molecule has 0 aliphatic carbocycles. The van der Waals surface area contributed by atoms with Crippen molar-refractivity contribution in [2.75, 3.05) is 13.2 Å². The van der Waals surface area contributed by atoms with Crippen molar-refractivity contribution in [1.29, 1.82) is 0 Å². The van der Waals surface area contributed by atoms with Crippen molar-refractivity contribution in [2.24, 2.45) is 0 Å². The van der Waals surface area contributed by atoms with Crippen molar-refractivity contribution in [3.63, 3.8) is 0 Å². The van der Waals surface area contributed by atoms with Gasteiger partial charge in [-0.2, -0.15) is 0 Å². The summed E-state index contributed by atoms with van der Waals surface area (Å²) in [6.07, 6.45) is 0.395. The summed E-state index contributed by atoms with van der Waals surface area (Å²) < 4.78 is 6.02. The van der Waals surface area contributed by atoms with Crippen LogP contribution in [0.2, 0.25) is 0 Å². The monoisotopic (exact) mass is 344 g/mol. The first-order valence-corrected chi connectivity index (χ1v) is 7.18. The molecule has 0 bridgehead atoms. The molecular weight excluding hydrogens is 328 g/mol. The van der Waals surface area contributed by atoms with Crippen molar-refractivity contribution in [3.8, 4) is 0 Å². The molecule has 2 atom stereocenters. The number of aliphatic hydroxyl groups is 1. The van der Waals surface area contributed by atoms with Gasteiger partial charge in [-0.3, -0.25) is 10.1 Å². The highest BCUT2D eigenvalue weighted by Crippen LogP contribution is 2.25. The van der Waals surface area contributed by atoms with Gasteiger partial charge in [0.05, 0.1) is 11.0 Å². The number of nitrogens with one attached hydrogen (secondary N) is 1. The van der Waals surface area contributed by atoms with E-state index in [1.54, 1.807) is 0 Å². The molecule has 1 aromatic rings. The quantitative estimate of drug-likeness (QED) is 0.630. The van der Waals surface area contributed by atoms with E-state index in [2.05, 4.69) is 21.2 Å². The van der Waals surface area contributed by atoms with E-state index in [4.69, 9.17) is 4.74 Å². The van der Waals surface area contributed by atoms with E-state index in [9.17, 15) is 15.2 Å². The Bertz CT molecular complexity index is 511. The third-order valence-corrected chi connectivity index (χ3v) is 4.03. The Morgan fingerprint density at radius 2 is 2.35 bits per heavy atom. The highest BCUT2D eigenvalue weighted by atomic mass is 79.9. The lowest BCUT2D eigenvalue weighted by atomic mass is 9.96. The van der Waals surface area contributed by atoms with Gasteiger partial charge in [-0.1, -0.05) is 15.9 Å². The Morgan fingerprint density at radius 1 is 1.60 bits per heavy atom. The average Bonchev–Trinajstić information content (AvgIpc) is 2.69. The van der Waals surface area contributed by atoms with Gasteiger partial charge in [-0.15, -0.1) is 0 Å². The zero-order valence-corrected chi connectivity index (χ0v) is 12.7. The topological polar surface area (TPSA) is 84.6 Å². The van der Waals surface area contributed by atoms with Gasteiger partial charge in [-0.05, 0) is 18.6 Å². The summed E-state index contributed by atoms with van der Waals surface area (Å²) in [5.74, 6) is 0. The van der Waals surface area contributed by atoms with Crippen molar-refractivity contribution in [2.45, 2.75) is 31.6 Å². The SMILES string of the molecule is CC1OCCC1(O)CNCc1cc(Br)cc([N+](=O)[O-])c1. The van der Waals surface area contributed by atoms with Gasteiger partial charge in [-0.25, -0.2) is 0 Å². The maximum atomic E-state index is 10.8. The van der Waals surface area contributed by atoms with Gasteiger partial charge in [0.1, 0.15) is 5.60 Å². The molecule has 1 aromatic carbocycles. The standard InChI is InChI=1S/C13H17BrN2O4/c1-9-13(17,2-3-20-9)8-15-7-10-4-11(14)6-12(5-10)16(18)19/h4-6,9,15,17H,2-3,7-8H2,1H3. The number of rotatable bonds is 5. The Balaban J connectivity index is 1.96. The minimum absolute atomic E-state index is 0.0486. The van der Waals surface area contributed by atoms with Gasteiger partial charge in [0.2, 0.25) is 0 Å². The number of nitrogens with zero attached hydrogens (tertiary/aromatic N) is 1. The van der Waals surface area contributed by atoms with Crippen molar-refractivity contribution >= 4 is 21.6 Å². The average molecular weight is 345 g/mol. The number of non-ortho nitro benzene ring substituents is 1. The molecule has 1 aliphatic heterocycles. The summed E-state index contributed by atoms with van der Waals surface area (Å²) in [7, 11) is 0. The minimum Gasteiger partial charge on any atom is -0.386 e. The molecular formula is C13H17BrN2O4. The fourth-order valence-electron chi connectivity index (χ4n) is 2.27. The minimum atomic E-state index is -0.863. The van der Waals surface area contributed by atoms with Crippen LogP contribution < -0.4 is 5.32 Å². The van der Waals surface area contributed by atoms with Crippen molar-refractivity contribution < 1.29 is 14.8 Å². The van der Waals surface area contributed by atoms with Crippen LogP contribution in [0.15, 0.2) is 22.7 Å². The lowest BCUT2D eigenvalue weighted by Gasteiger charge is -2.26. The van der Waals surface area contributed by atoms with E-state index < -0.39 is 10.5 Å². The molecule has 20 heavy (non-hydrogen) atoms. The molecule has 110 valence electrons. The number of hydrogen-bond donors (Lipinski definition) is 2. The molecule has 0 saturated carbocycles. The number of ether oxygens (including phenoxy) is 1. The maximum Gasteiger partial charge on any atom is 0.270 e. The first kappa shape index (κ1) is 15.4. The van der Waals surface area contributed by atoms with E-state index in [1.165, 1.54) is 12.1 Å². The third-order valence-electron chi connectivity index (χ3n) is 3.57. The van der Waals surface area contributed by atoms with Gasteiger partial charge in [0.15, 0.2) is 0 Å². The van der Waals surface area contributed by atoms with Crippen LogP contribution in [0.1, 0.15) is 18.9 Å². The Morgan fingerprint density at radius 3 is 2.95 bits per heavy atom. The lowest BCUT2D eigenvalue weighted by Crippen LogP contribution is -2.45. The molecule has 1 heterocycles. The van der Waals surface area contributed by atoms with Crippen LogP contribution in [0, 0.1) is 10.1 Å². The molecule has 1 fully saturated rings. The first-order chi connectivity index (χ1) is 9.40. The summed E-state index contributed by atoms with van der Waals surface area (Å²) >= 11 is 3.26. The first-order valence-electron chi connectivity index (χ1n) is 6.39. The molecule has 0 amide bonds. The molecule has 0 radical (unpaired) electrons. The maximum absolute atomic E-state index is 10.8. The highest BCUT2D eigenvalue weighted by molar-refractivity contribution is 9.10. The molecule has 2 unspecified atom stereocenters. The van der Waals surface area contributed by atoms with Crippen LogP contribution >= 0.6 is 15.9 Å². The van der Waals surface area contributed by atoms with Crippen molar-refractivity contribution in [3.05, 3.63) is 38.3 Å². The molecule has 7 heteroatoms. The summed E-state index contributed by atoms with van der Waals surface area (Å²) in [6.45, 7) is 3.25. The van der Waals surface area contributed by atoms with Gasteiger partial charge in [0.25, 0.3) is 5.69 Å². The lowest BCUT2D eigenvalue weighted by molar-refractivity contribution is -0.385.